The maximum absolute atomic E-state index is 14.3. The molecule has 132 valence electrons. The van der Waals surface area contributed by atoms with Gasteiger partial charge in [-0.05, 0) is 39.0 Å². The van der Waals surface area contributed by atoms with Gasteiger partial charge in [0.05, 0.1) is 11.3 Å². The third-order valence-corrected chi connectivity index (χ3v) is 5.36. The van der Waals surface area contributed by atoms with Crippen LogP contribution in [0.25, 0.3) is 0 Å². The molecule has 4 nitrogen and oxygen atoms in total. The molecule has 1 aromatic rings. The van der Waals surface area contributed by atoms with Crippen molar-refractivity contribution in [1.29, 1.82) is 0 Å². The van der Waals surface area contributed by atoms with Crippen molar-refractivity contribution in [1.82, 2.24) is 4.90 Å². The number of amides is 1. The van der Waals surface area contributed by atoms with E-state index in [0.29, 0.717) is 12.2 Å². The zero-order valence-corrected chi connectivity index (χ0v) is 14.7. The van der Waals surface area contributed by atoms with Gasteiger partial charge in [0.15, 0.2) is 0 Å². The Bertz CT molecular complexity index is 645. The third kappa shape index (κ3) is 4.06. The molecule has 1 heterocycles. The van der Waals surface area contributed by atoms with E-state index in [9.17, 15) is 23.5 Å². The van der Waals surface area contributed by atoms with Crippen LogP contribution in [-0.4, -0.2) is 39.2 Å². The molecular formula is C17H21F2NO3S. The Morgan fingerprint density at radius 1 is 1.33 bits per heavy atom. The van der Waals surface area contributed by atoms with Gasteiger partial charge < -0.3 is 5.11 Å². The number of rotatable bonds is 2. The van der Waals surface area contributed by atoms with E-state index in [1.165, 1.54) is 16.7 Å². The average Bonchev–Trinajstić information content (AvgIpc) is 2.61. The molecule has 1 N–H and O–H groups in total. The summed E-state index contributed by atoms with van der Waals surface area (Å²) >= 11 is 1.30. The molecule has 0 aromatic heterocycles. The minimum atomic E-state index is -1.18. The lowest BCUT2D eigenvalue weighted by molar-refractivity contribution is -0.119. The van der Waals surface area contributed by atoms with Gasteiger partial charge in [0.25, 0.3) is 0 Å². The number of ketones is 1. The molecule has 1 aromatic carbocycles. The van der Waals surface area contributed by atoms with Crippen LogP contribution >= 0.6 is 11.8 Å². The van der Waals surface area contributed by atoms with E-state index in [1.807, 2.05) is 0 Å². The second kappa shape index (κ2) is 7.09. The summed E-state index contributed by atoms with van der Waals surface area (Å²) in [6.45, 7) is 5.17. The van der Waals surface area contributed by atoms with Crippen LogP contribution in [-0.2, 0) is 4.79 Å². The van der Waals surface area contributed by atoms with Crippen molar-refractivity contribution in [3.05, 3.63) is 35.4 Å². The molecule has 1 aliphatic rings. The fraction of sp³-hybridized carbons (Fsp3) is 0.529. The summed E-state index contributed by atoms with van der Waals surface area (Å²) in [4.78, 5) is 25.1. The maximum atomic E-state index is 14.3. The second-order valence-corrected chi connectivity index (χ2v) is 8.09. The Hall–Kier alpha value is -1.63. The van der Waals surface area contributed by atoms with Gasteiger partial charge in [-0.1, -0.05) is 0 Å². The van der Waals surface area contributed by atoms with Crippen molar-refractivity contribution in [3.63, 3.8) is 0 Å². The molecule has 0 spiro atoms. The highest BCUT2D eigenvalue weighted by molar-refractivity contribution is 7.99. The van der Waals surface area contributed by atoms with Crippen molar-refractivity contribution >= 4 is 23.6 Å². The van der Waals surface area contributed by atoms with Crippen LogP contribution in [0.15, 0.2) is 18.2 Å². The van der Waals surface area contributed by atoms with E-state index in [0.717, 1.165) is 18.2 Å². The summed E-state index contributed by atoms with van der Waals surface area (Å²) in [5.74, 6) is -0.790. The Kier molecular flexibility index (Phi) is 5.52. The molecule has 2 rings (SSSR count). The van der Waals surface area contributed by atoms with Crippen molar-refractivity contribution < 1.29 is 23.5 Å². The van der Waals surface area contributed by atoms with Crippen LogP contribution in [0, 0.1) is 11.6 Å². The first-order chi connectivity index (χ1) is 11.1. The van der Waals surface area contributed by atoms with Gasteiger partial charge in [0.1, 0.15) is 17.4 Å². The van der Waals surface area contributed by atoms with E-state index in [2.05, 4.69) is 0 Å². The summed E-state index contributed by atoms with van der Waals surface area (Å²) in [6.07, 6.45) is -0.881. The molecule has 7 heteroatoms. The lowest BCUT2D eigenvalue weighted by Gasteiger charge is -2.42. The predicted molar refractivity (Wildman–Crippen MR) is 89.2 cm³/mol. The van der Waals surface area contributed by atoms with Gasteiger partial charge in [0.2, 0.25) is 0 Å². The van der Waals surface area contributed by atoms with E-state index in [4.69, 9.17) is 0 Å². The summed E-state index contributed by atoms with van der Waals surface area (Å²) in [5, 5.41) is 9.03. The van der Waals surface area contributed by atoms with E-state index < -0.39 is 34.6 Å². The smallest absolute Gasteiger partial charge is 0.408 e. The quantitative estimate of drug-likeness (QED) is 0.860. The third-order valence-electron chi connectivity index (χ3n) is 3.99. The summed E-state index contributed by atoms with van der Waals surface area (Å²) in [7, 11) is 0. The number of carbonyl (C=O) groups excluding carboxylic acids is 1. The molecular weight excluding hydrogens is 336 g/mol. The first-order valence-corrected chi connectivity index (χ1v) is 8.76. The largest absolute Gasteiger partial charge is 0.465 e. The first kappa shape index (κ1) is 18.7. The molecule has 0 saturated carbocycles. The minimum Gasteiger partial charge on any atom is -0.465 e. The number of nitrogens with zero attached hydrogens (tertiary/aromatic N) is 1. The molecule has 1 fully saturated rings. The van der Waals surface area contributed by atoms with Gasteiger partial charge >= 0.3 is 6.09 Å². The van der Waals surface area contributed by atoms with Crippen LogP contribution in [0.5, 0.6) is 0 Å². The van der Waals surface area contributed by atoms with Crippen LogP contribution in [0.1, 0.15) is 44.4 Å². The minimum absolute atomic E-state index is 0.00279. The second-order valence-electron chi connectivity index (χ2n) is 6.84. The number of thioether (sulfide) groups is 1. The van der Waals surface area contributed by atoms with Gasteiger partial charge in [-0.25, -0.2) is 13.6 Å². The van der Waals surface area contributed by atoms with Crippen LogP contribution < -0.4 is 0 Å². The number of carbonyl (C=O) groups is 2. The summed E-state index contributed by atoms with van der Waals surface area (Å²) in [5.41, 5.74) is -0.667. The van der Waals surface area contributed by atoms with Gasteiger partial charge in [-0.15, -0.1) is 0 Å². The van der Waals surface area contributed by atoms with Gasteiger partial charge in [0, 0.05) is 29.7 Å². The molecule has 0 bridgehead atoms. The highest BCUT2D eigenvalue weighted by atomic mass is 32.2. The molecule has 2 atom stereocenters. The normalized spacial score (nSPS) is 22.1. The summed E-state index contributed by atoms with van der Waals surface area (Å²) < 4.78 is 27.9. The fourth-order valence-corrected chi connectivity index (χ4v) is 4.44. The van der Waals surface area contributed by atoms with E-state index in [1.54, 1.807) is 20.8 Å². The predicted octanol–water partition coefficient (Wildman–Crippen LogP) is 4.25. The van der Waals surface area contributed by atoms with Gasteiger partial charge in [-0.2, -0.15) is 11.8 Å². The van der Waals surface area contributed by atoms with E-state index >= 15 is 0 Å². The fourth-order valence-electron chi connectivity index (χ4n) is 3.04. The Morgan fingerprint density at radius 2 is 2.00 bits per heavy atom. The zero-order valence-electron chi connectivity index (χ0n) is 13.9. The van der Waals surface area contributed by atoms with Crippen LogP contribution in [0.2, 0.25) is 0 Å². The molecule has 0 aliphatic carbocycles. The van der Waals surface area contributed by atoms with Gasteiger partial charge in [-0.3, -0.25) is 9.69 Å². The number of Topliss-reactive ketones (excluding diaryl/α,β-unsaturated/α-hetero) is 1. The highest BCUT2D eigenvalue weighted by Crippen LogP contribution is 2.42. The van der Waals surface area contributed by atoms with Crippen molar-refractivity contribution in [3.8, 4) is 0 Å². The average molecular weight is 357 g/mol. The lowest BCUT2D eigenvalue weighted by atomic mass is 9.94. The van der Waals surface area contributed by atoms with Crippen LogP contribution in [0.4, 0.5) is 13.6 Å². The van der Waals surface area contributed by atoms with Crippen molar-refractivity contribution in [2.75, 3.05) is 5.75 Å². The Labute approximate surface area is 144 Å². The first-order valence-electron chi connectivity index (χ1n) is 7.72. The number of halogens is 2. The molecule has 1 amide bonds. The number of benzene rings is 1. The standard InChI is InChI=1S/C17H21F2NO3S/c1-17(2,3)20(16(22)23)14-9-11(21)6-7-24-15(14)12-8-10(18)4-5-13(12)19/h4-5,8,14-15H,6-7,9H2,1-3H3,(H,22,23)/t14-,15-/m0/s1. The highest BCUT2D eigenvalue weighted by Gasteiger charge is 2.41. The Balaban J connectivity index is 2.54. The lowest BCUT2D eigenvalue weighted by Crippen LogP contribution is -2.53. The zero-order chi connectivity index (χ0) is 18.1. The van der Waals surface area contributed by atoms with Crippen molar-refractivity contribution in [2.45, 2.75) is 50.4 Å². The van der Waals surface area contributed by atoms with E-state index in [-0.39, 0.29) is 17.8 Å². The number of carboxylic acid groups (broad SMARTS) is 1. The number of hydrogen-bond donors (Lipinski definition) is 1. The molecule has 0 unspecified atom stereocenters. The SMILES string of the molecule is CC(C)(C)N(C(=O)O)[C@H]1CC(=O)CCS[C@H]1c1cc(F)ccc1F. The molecule has 24 heavy (non-hydrogen) atoms. The van der Waals surface area contributed by atoms with Crippen LogP contribution in [0.3, 0.4) is 0 Å². The van der Waals surface area contributed by atoms with Crippen molar-refractivity contribution in [2.24, 2.45) is 0 Å². The Morgan fingerprint density at radius 3 is 2.58 bits per heavy atom. The monoisotopic (exact) mass is 357 g/mol. The molecule has 1 saturated heterocycles. The number of hydrogen-bond acceptors (Lipinski definition) is 3. The summed E-state index contributed by atoms with van der Waals surface area (Å²) in [6, 6.07) is 2.41. The molecule has 0 radical (unpaired) electrons. The topological polar surface area (TPSA) is 57.6 Å². The molecule has 1 aliphatic heterocycles. The maximum Gasteiger partial charge on any atom is 0.408 e.